The number of hydrogen-bond donors (Lipinski definition) is 1. The van der Waals surface area contributed by atoms with Crippen LogP contribution in [0, 0.1) is 0 Å². The number of nitrogens with one attached hydrogen (secondary N) is 1. The second-order valence-electron chi connectivity index (χ2n) is 10.2. The van der Waals surface area contributed by atoms with Crippen molar-refractivity contribution in [2.75, 3.05) is 5.32 Å². The van der Waals surface area contributed by atoms with Crippen molar-refractivity contribution in [1.82, 2.24) is 4.98 Å². The first-order valence-corrected chi connectivity index (χ1v) is 14.1. The Morgan fingerprint density at radius 2 is 1.44 bits per heavy atom. The number of anilines is 1. The smallest absolute Gasteiger partial charge is 0.0726 e. The number of pyridine rings is 1. The van der Waals surface area contributed by atoms with Gasteiger partial charge in [-0.05, 0) is 67.3 Å². The van der Waals surface area contributed by atoms with Crippen LogP contribution in [0.4, 0.5) is 5.69 Å². The number of rotatable bonds is 14. The Bertz CT molecular complexity index is 1010. The Balaban J connectivity index is 1.36. The summed E-state index contributed by atoms with van der Waals surface area (Å²) in [6.45, 7) is 3.16. The number of nitrogens with zero attached hydrogens (tertiary/aromatic N) is 1. The minimum Gasteiger partial charge on any atom is -0.380 e. The average molecular weight is 457 g/mol. The summed E-state index contributed by atoms with van der Waals surface area (Å²) >= 11 is 0. The molecular weight excluding hydrogens is 412 g/mol. The summed E-state index contributed by atoms with van der Waals surface area (Å²) in [5.41, 5.74) is 8.07. The lowest BCUT2D eigenvalue weighted by Crippen LogP contribution is -2.11. The van der Waals surface area contributed by atoms with E-state index in [1.165, 1.54) is 117 Å². The van der Waals surface area contributed by atoms with Crippen molar-refractivity contribution in [3.05, 3.63) is 70.9 Å². The first-order chi connectivity index (χ1) is 16.8. The topological polar surface area (TPSA) is 24.9 Å². The maximum Gasteiger partial charge on any atom is 0.0726 e. The van der Waals surface area contributed by atoms with E-state index < -0.39 is 0 Å². The van der Waals surface area contributed by atoms with Crippen molar-refractivity contribution in [3.8, 4) is 0 Å². The van der Waals surface area contributed by atoms with Crippen molar-refractivity contribution in [2.45, 2.75) is 110 Å². The molecular formula is C32H44N2. The van der Waals surface area contributed by atoms with Gasteiger partial charge in [0.25, 0.3) is 0 Å². The maximum atomic E-state index is 5.09. The lowest BCUT2D eigenvalue weighted by molar-refractivity contribution is 0.556. The molecule has 0 aliphatic heterocycles. The van der Waals surface area contributed by atoms with Gasteiger partial charge in [0.15, 0.2) is 0 Å². The van der Waals surface area contributed by atoms with Gasteiger partial charge >= 0.3 is 0 Å². The van der Waals surface area contributed by atoms with Crippen LogP contribution >= 0.6 is 0 Å². The van der Waals surface area contributed by atoms with Crippen molar-refractivity contribution < 1.29 is 0 Å². The highest BCUT2D eigenvalue weighted by Crippen LogP contribution is 2.34. The van der Waals surface area contributed by atoms with Gasteiger partial charge in [0, 0.05) is 23.3 Å². The van der Waals surface area contributed by atoms with E-state index in [4.69, 9.17) is 4.98 Å². The Hall–Kier alpha value is -2.35. The summed E-state index contributed by atoms with van der Waals surface area (Å²) in [5, 5.41) is 5.15. The van der Waals surface area contributed by atoms with Gasteiger partial charge in [0.1, 0.15) is 0 Å². The van der Waals surface area contributed by atoms with E-state index in [0.717, 1.165) is 24.9 Å². The largest absolute Gasteiger partial charge is 0.380 e. The highest BCUT2D eigenvalue weighted by atomic mass is 14.9. The molecule has 0 bridgehead atoms. The third-order valence-electron chi connectivity index (χ3n) is 7.46. The third-order valence-corrected chi connectivity index (χ3v) is 7.46. The zero-order valence-electron chi connectivity index (χ0n) is 21.4. The van der Waals surface area contributed by atoms with Gasteiger partial charge in [-0.15, -0.1) is 0 Å². The summed E-state index contributed by atoms with van der Waals surface area (Å²) in [4.78, 5) is 5.09. The number of hydrogen-bond acceptors (Lipinski definition) is 2. The Kier molecular flexibility index (Phi) is 9.84. The van der Waals surface area contributed by atoms with Gasteiger partial charge in [-0.2, -0.15) is 0 Å². The molecule has 3 aromatic rings. The lowest BCUT2D eigenvalue weighted by atomic mass is 9.92. The van der Waals surface area contributed by atoms with Gasteiger partial charge in [-0.1, -0.05) is 101 Å². The summed E-state index contributed by atoms with van der Waals surface area (Å²) in [6.07, 6.45) is 19.9. The van der Waals surface area contributed by atoms with Crippen LogP contribution in [0.15, 0.2) is 48.5 Å². The molecule has 0 radical (unpaired) electrons. The maximum absolute atomic E-state index is 5.09. The Labute approximate surface area is 207 Å². The van der Waals surface area contributed by atoms with E-state index in [1.807, 2.05) is 0 Å². The predicted molar refractivity (Wildman–Crippen MR) is 148 cm³/mol. The second kappa shape index (κ2) is 13.5. The number of benzene rings is 2. The summed E-state index contributed by atoms with van der Waals surface area (Å²) in [5.74, 6) is 0. The van der Waals surface area contributed by atoms with Crippen LogP contribution in [-0.4, -0.2) is 4.98 Å². The molecule has 34 heavy (non-hydrogen) atoms. The quantitative estimate of drug-likeness (QED) is 0.245. The Morgan fingerprint density at radius 1 is 0.735 bits per heavy atom. The molecule has 0 saturated heterocycles. The highest BCUT2D eigenvalue weighted by molar-refractivity contribution is 5.94. The molecule has 0 amide bonds. The second-order valence-corrected chi connectivity index (χ2v) is 10.2. The van der Waals surface area contributed by atoms with E-state index in [0.29, 0.717) is 0 Å². The van der Waals surface area contributed by atoms with Crippen LogP contribution in [0.1, 0.15) is 106 Å². The molecule has 1 heterocycles. The van der Waals surface area contributed by atoms with E-state index >= 15 is 0 Å². The molecule has 2 aromatic carbocycles. The van der Waals surface area contributed by atoms with Gasteiger partial charge < -0.3 is 5.32 Å². The lowest BCUT2D eigenvalue weighted by Gasteiger charge is -2.22. The Morgan fingerprint density at radius 3 is 2.21 bits per heavy atom. The van der Waals surface area contributed by atoms with Crippen LogP contribution in [0.2, 0.25) is 0 Å². The summed E-state index contributed by atoms with van der Waals surface area (Å²) in [6, 6.07) is 17.8. The molecule has 0 spiro atoms. The summed E-state index contributed by atoms with van der Waals surface area (Å²) in [7, 11) is 0. The van der Waals surface area contributed by atoms with Crippen LogP contribution in [0.3, 0.4) is 0 Å². The van der Waals surface area contributed by atoms with Crippen LogP contribution in [-0.2, 0) is 25.8 Å². The van der Waals surface area contributed by atoms with Crippen LogP contribution in [0.5, 0.6) is 0 Å². The highest BCUT2D eigenvalue weighted by Gasteiger charge is 2.18. The minimum atomic E-state index is 0.870. The molecule has 1 N–H and O–H groups in total. The zero-order valence-corrected chi connectivity index (χ0v) is 21.4. The fourth-order valence-corrected chi connectivity index (χ4v) is 5.43. The van der Waals surface area contributed by atoms with Crippen molar-refractivity contribution in [3.63, 3.8) is 0 Å². The van der Waals surface area contributed by atoms with E-state index in [9.17, 15) is 0 Å². The molecule has 0 saturated carbocycles. The standard InChI is InChI=1S/C32H44N2/c1-2-3-4-5-6-7-8-9-10-12-17-26-22-23-31-29(24-26)32(28-20-15-16-21-30(28)34-31)33-25-27-18-13-11-14-19-27/h11,13-14,18-19,22-24H,2-10,12,15-17,20-21,25H2,1H3,(H,33,34). The minimum absolute atomic E-state index is 0.870. The predicted octanol–water partition coefficient (Wildman–Crippen LogP) is 9.19. The molecule has 182 valence electrons. The third kappa shape index (κ3) is 7.08. The van der Waals surface area contributed by atoms with Gasteiger partial charge in [0.05, 0.1) is 5.52 Å². The van der Waals surface area contributed by atoms with Gasteiger partial charge in [0.2, 0.25) is 0 Å². The fraction of sp³-hybridized carbons (Fsp3) is 0.531. The van der Waals surface area contributed by atoms with Crippen LogP contribution < -0.4 is 5.32 Å². The van der Waals surface area contributed by atoms with Crippen molar-refractivity contribution in [1.29, 1.82) is 0 Å². The molecule has 1 aliphatic rings. The van der Waals surface area contributed by atoms with Gasteiger partial charge in [-0.25, -0.2) is 0 Å². The molecule has 0 atom stereocenters. The van der Waals surface area contributed by atoms with E-state index in [1.54, 1.807) is 0 Å². The monoisotopic (exact) mass is 456 g/mol. The zero-order chi connectivity index (χ0) is 23.4. The molecule has 2 heteroatoms. The van der Waals surface area contributed by atoms with E-state index in [-0.39, 0.29) is 0 Å². The molecule has 1 aliphatic carbocycles. The van der Waals surface area contributed by atoms with Crippen molar-refractivity contribution in [2.24, 2.45) is 0 Å². The molecule has 0 unspecified atom stereocenters. The SMILES string of the molecule is CCCCCCCCCCCCc1ccc2nc3c(c(NCc4ccccc4)c2c1)CCCC3. The first-order valence-electron chi connectivity index (χ1n) is 14.1. The number of aryl methyl sites for hydroxylation is 2. The molecule has 1 aromatic heterocycles. The average Bonchev–Trinajstić information content (AvgIpc) is 2.88. The fourth-order valence-electron chi connectivity index (χ4n) is 5.43. The first kappa shape index (κ1) is 24.8. The normalized spacial score (nSPS) is 13.2. The molecule has 2 nitrogen and oxygen atoms in total. The van der Waals surface area contributed by atoms with Gasteiger partial charge in [-0.3, -0.25) is 4.98 Å². The number of unbranched alkanes of at least 4 members (excludes halogenated alkanes) is 9. The summed E-state index contributed by atoms with van der Waals surface area (Å²) < 4.78 is 0. The number of fused-ring (bicyclic) bond motifs is 2. The van der Waals surface area contributed by atoms with Crippen LogP contribution in [0.25, 0.3) is 10.9 Å². The molecule has 0 fully saturated rings. The number of aromatic nitrogens is 1. The molecule has 4 rings (SSSR count). The van der Waals surface area contributed by atoms with Crippen molar-refractivity contribution >= 4 is 16.6 Å². The van der Waals surface area contributed by atoms with E-state index in [2.05, 4.69) is 60.8 Å².